The molecule has 0 saturated carbocycles. The zero-order valence-corrected chi connectivity index (χ0v) is 20.0. The molecule has 0 nitrogen and oxygen atoms in total. The van der Waals surface area contributed by atoms with Crippen LogP contribution in [-0.2, 0) is 6.42 Å². The molecule has 0 aromatic heterocycles. The van der Waals surface area contributed by atoms with Crippen LogP contribution in [0.5, 0.6) is 0 Å². The Labute approximate surface area is 174 Å². The van der Waals surface area contributed by atoms with Gasteiger partial charge in [-0.15, -0.1) is 0 Å². The van der Waals surface area contributed by atoms with E-state index in [2.05, 4.69) is 51.6 Å². The van der Waals surface area contributed by atoms with Gasteiger partial charge in [0.15, 0.2) is 0 Å². The van der Waals surface area contributed by atoms with Gasteiger partial charge >= 0.3 is 175 Å². The van der Waals surface area contributed by atoms with E-state index in [1.165, 1.54) is 100.0 Å². The van der Waals surface area contributed by atoms with Crippen LogP contribution in [0.25, 0.3) is 6.08 Å². The van der Waals surface area contributed by atoms with Gasteiger partial charge in [0.2, 0.25) is 0 Å². The van der Waals surface area contributed by atoms with Gasteiger partial charge in [0.1, 0.15) is 0 Å². The molecule has 0 N–H and O–H groups in total. The summed E-state index contributed by atoms with van der Waals surface area (Å²) in [6.07, 6.45) is 20.1. The molecule has 0 spiro atoms. The maximum atomic E-state index is 7.68. The average molecular weight is 411 g/mol. The summed E-state index contributed by atoms with van der Waals surface area (Å²) in [5, 5.41) is 0. The van der Waals surface area contributed by atoms with Crippen molar-refractivity contribution in [3.05, 3.63) is 42.0 Å². The molecule has 0 aliphatic heterocycles. The molecule has 0 atom stereocenters. The summed E-state index contributed by atoms with van der Waals surface area (Å²) in [6, 6.07) is 8.85. The predicted octanol–water partition coefficient (Wildman–Crippen LogP) is 9.15. The van der Waals surface area contributed by atoms with Crippen molar-refractivity contribution in [2.24, 2.45) is 0 Å². The SMILES string of the molecule is C=Cc1ccc(CCCCCP(Cl)(CCCC)(CCCC)CCCC)cc1. The zero-order chi connectivity index (χ0) is 20.0. The van der Waals surface area contributed by atoms with Gasteiger partial charge in [-0.2, -0.15) is 0 Å². The van der Waals surface area contributed by atoms with Crippen molar-refractivity contribution in [3.8, 4) is 0 Å². The Kier molecular flexibility index (Phi) is 11.9. The van der Waals surface area contributed by atoms with Crippen molar-refractivity contribution >= 4 is 23.3 Å². The van der Waals surface area contributed by atoms with Crippen LogP contribution in [0.15, 0.2) is 30.8 Å². The number of aryl methyl sites for hydroxylation is 1. The van der Waals surface area contributed by atoms with E-state index in [0.29, 0.717) is 0 Å². The number of hydrogen-bond acceptors (Lipinski definition) is 0. The molecule has 0 radical (unpaired) electrons. The third kappa shape index (κ3) is 9.15. The Morgan fingerprint density at radius 3 is 1.67 bits per heavy atom. The van der Waals surface area contributed by atoms with Crippen molar-refractivity contribution in [2.45, 2.75) is 85.0 Å². The first-order valence-electron chi connectivity index (χ1n) is 11.4. The van der Waals surface area contributed by atoms with E-state index < -0.39 is 5.96 Å². The molecule has 1 aromatic carbocycles. The zero-order valence-electron chi connectivity index (χ0n) is 18.3. The molecular weight excluding hydrogens is 367 g/mol. The maximum absolute atomic E-state index is 7.68. The molecule has 156 valence electrons. The Balaban J connectivity index is 2.58. The van der Waals surface area contributed by atoms with E-state index in [4.69, 9.17) is 11.2 Å². The van der Waals surface area contributed by atoms with Crippen LogP contribution in [0.4, 0.5) is 0 Å². The Hall–Kier alpha value is -0.320. The second-order valence-corrected chi connectivity index (χ2v) is 16.8. The Morgan fingerprint density at radius 2 is 1.22 bits per heavy atom. The molecule has 0 fully saturated rings. The molecule has 2 heteroatoms. The summed E-state index contributed by atoms with van der Waals surface area (Å²) in [7, 11) is 0. The minimum atomic E-state index is -2.03. The Morgan fingerprint density at radius 1 is 0.741 bits per heavy atom. The normalized spacial score (nSPS) is 13.3. The van der Waals surface area contributed by atoms with Crippen molar-refractivity contribution in [3.63, 3.8) is 0 Å². The first-order valence-corrected chi connectivity index (χ1v) is 15.3. The minimum absolute atomic E-state index is 1.19. The van der Waals surface area contributed by atoms with Crippen molar-refractivity contribution in [1.29, 1.82) is 0 Å². The molecule has 0 amide bonds. The fourth-order valence-electron chi connectivity index (χ4n) is 4.16. The van der Waals surface area contributed by atoms with Crippen LogP contribution in [0.2, 0.25) is 0 Å². The number of unbranched alkanes of at least 4 members (excludes halogenated alkanes) is 5. The molecule has 1 rings (SSSR count). The molecule has 0 heterocycles. The third-order valence-corrected chi connectivity index (χ3v) is 13.9. The van der Waals surface area contributed by atoms with E-state index in [9.17, 15) is 0 Å². The number of hydrogen-bond donors (Lipinski definition) is 0. The molecular formula is C25H44ClP. The quantitative estimate of drug-likeness (QED) is 0.188. The monoisotopic (exact) mass is 410 g/mol. The predicted molar refractivity (Wildman–Crippen MR) is 131 cm³/mol. The molecule has 0 aliphatic carbocycles. The standard InChI is InChI=1S/C25H44ClP/c1-5-9-20-27(26,21-10-6-2,22-11-7-3)23-14-12-13-15-25-18-16-24(8-4)17-19-25/h8,16-19H,4-7,9-15,20-23H2,1-3H3. The van der Waals surface area contributed by atoms with E-state index in [-0.39, 0.29) is 0 Å². The van der Waals surface area contributed by atoms with Crippen LogP contribution < -0.4 is 0 Å². The first kappa shape index (κ1) is 24.7. The van der Waals surface area contributed by atoms with Crippen LogP contribution in [0, 0.1) is 0 Å². The van der Waals surface area contributed by atoms with Crippen LogP contribution >= 0.6 is 17.2 Å². The number of rotatable bonds is 16. The van der Waals surface area contributed by atoms with E-state index in [0.717, 1.165) is 0 Å². The fourth-order valence-corrected chi connectivity index (χ4v) is 11.3. The molecule has 0 aliphatic rings. The van der Waals surface area contributed by atoms with Gasteiger partial charge in [-0.25, -0.2) is 0 Å². The summed E-state index contributed by atoms with van der Waals surface area (Å²) >= 11 is 7.68. The van der Waals surface area contributed by atoms with Gasteiger partial charge in [0.25, 0.3) is 0 Å². The number of benzene rings is 1. The summed E-state index contributed by atoms with van der Waals surface area (Å²) in [5.74, 6) is -2.03. The van der Waals surface area contributed by atoms with Crippen LogP contribution in [0.1, 0.15) is 89.7 Å². The van der Waals surface area contributed by atoms with Crippen LogP contribution in [0.3, 0.4) is 0 Å². The van der Waals surface area contributed by atoms with E-state index >= 15 is 0 Å². The van der Waals surface area contributed by atoms with E-state index in [1.54, 1.807) is 0 Å². The second kappa shape index (κ2) is 13.0. The average Bonchev–Trinajstić information content (AvgIpc) is 2.70. The van der Waals surface area contributed by atoms with Gasteiger partial charge in [0.05, 0.1) is 0 Å². The first-order chi connectivity index (χ1) is 13.0. The molecule has 1 aromatic rings. The molecule has 27 heavy (non-hydrogen) atoms. The summed E-state index contributed by atoms with van der Waals surface area (Å²) in [6.45, 7) is 10.8. The van der Waals surface area contributed by atoms with Gasteiger partial charge in [-0.05, 0) is 0 Å². The van der Waals surface area contributed by atoms with Crippen molar-refractivity contribution < 1.29 is 0 Å². The summed E-state index contributed by atoms with van der Waals surface area (Å²) in [5.41, 5.74) is 2.66. The van der Waals surface area contributed by atoms with E-state index in [1.807, 2.05) is 6.08 Å². The fraction of sp³-hybridized carbons (Fsp3) is 0.680. The molecule has 0 saturated heterocycles. The Bertz CT molecular complexity index is 495. The number of halogens is 1. The van der Waals surface area contributed by atoms with Gasteiger partial charge in [0, 0.05) is 0 Å². The second-order valence-electron chi connectivity index (χ2n) is 8.53. The third-order valence-electron chi connectivity index (χ3n) is 6.11. The topological polar surface area (TPSA) is 0 Å². The van der Waals surface area contributed by atoms with Gasteiger partial charge in [-0.3, -0.25) is 0 Å². The molecule has 0 unspecified atom stereocenters. The molecule has 0 bridgehead atoms. The van der Waals surface area contributed by atoms with Crippen molar-refractivity contribution in [1.82, 2.24) is 0 Å². The summed E-state index contributed by atoms with van der Waals surface area (Å²) < 4.78 is 0. The van der Waals surface area contributed by atoms with Gasteiger partial charge < -0.3 is 0 Å². The van der Waals surface area contributed by atoms with Gasteiger partial charge in [-0.1, -0.05) is 0 Å². The van der Waals surface area contributed by atoms with Crippen LogP contribution in [-0.4, -0.2) is 24.6 Å². The summed E-state index contributed by atoms with van der Waals surface area (Å²) in [4.78, 5) is 0. The van der Waals surface area contributed by atoms with Crippen molar-refractivity contribution in [2.75, 3.05) is 24.6 Å².